The second-order valence-corrected chi connectivity index (χ2v) is 20.6. The molecule has 22 heteroatoms. The number of hydrogen-bond acceptors (Lipinski definition) is 9. The van der Waals surface area contributed by atoms with Crippen LogP contribution < -0.4 is 16.0 Å². The molecule has 0 radical (unpaired) electrons. The number of likely N-dealkylation sites (N-methyl/N-ethyl adjacent to an activating group) is 3. The Balaban J connectivity index is 1.44. The van der Waals surface area contributed by atoms with E-state index in [4.69, 9.17) is 32.7 Å². The van der Waals surface area contributed by atoms with Crippen LogP contribution in [-0.4, -0.2) is 171 Å². The number of nitrogens with one attached hydrogen (secondary N) is 3. The first-order chi connectivity index (χ1) is 32.4. The zero-order chi connectivity index (χ0) is 51.2. The molecule has 1 aromatic rings. The van der Waals surface area contributed by atoms with Crippen LogP contribution in [0.4, 0.5) is 17.6 Å². The van der Waals surface area contributed by atoms with Gasteiger partial charge in [-0.2, -0.15) is 13.2 Å². The standard InChI is InChI=1S/C47H67Cl2F4N7O9/c1-27(2)19-33-43(66)59(5)36(21-28-20-29(48)12-13-31(28)49)39(62)56-34(24-69-7)41(64)57(3)17-9-8-11-35(38(61)55-33)58(4)42(65)32(14-18-68-6)54-40(63)37-22-30(50)23-60(37)44(67)46(47(51,52)53)25-45(26-46)15-10-16-45/h12-13,20,27,30,32-37H,8-11,14-19,21-26H2,1-7H3,(H,54,63)(H,55,61)(H,56,62)/t30-,32+,33+,34-,35+,36+,37+/m1/s1. The fourth-order valence-electron chi connectivity index (χ4n) is 10.3. The SMILES string of the molecule is COCC[C@H](NC(=O)[C@@H]1C[C@@H](F)CN1C(=O)C1(C(F)(F)F)CC2(CCC2)C1)C(=O)N(C)[C@H]1CCCCN(C)C(=O)[C@@H](COC)NC(=O)[C@H](Cc2cc(Cl)ccc2Cl)N(C)C(=O)[C@H](CC(C)C)NC1=O. The molecule has 7 atom stereocenters. The summed E-state index contributed by atoms with van der Waals surface area (Å²) in [6.45, 7) is 2.79. The maximum atomic E-state index is 15.1. The molecule has 1 aromatic carbocycles. The van der Waals surface area contributed by atoms with E-state index >= 15 is 4.39 Å². The Bertz CT molecular complexity index is 2060. The summed E-state index contributed by atoms with van der Waals surface area (Å²) < 4.78 is 69.8. The van der Waals surface area contributed by atoms with Gasteiger partial charge in [-0.15, -0.1) is 0 Å². The number of carbonyl (C=O) groups excluding carboxylic acids is 7. The highest BCUT2D eigenvalue weighted by Crippen LogP contribution is 2.69. The fourth-order valence-corrected chi connectivity index (χ4v) is 10.7. The van der Waals surface area contributed by atoms with Crippen LogP contribution in [0.2, 0.25) is 10.0 Å². The van der Waals surface area contributed by atoms with Crippen LogP contribution in [0, 0.1) is 16.7 Å². The number of carbonyl (C=O) groups is 7. The number of rotatable bonds is 14. The van der Waals surface area contributed by atoms with Crippen LogP contribution in [0.25, 0.3) is 0 Å². The Hall–Kier alpha value is -4.27. The first-order valence-electron chi connectivity index (χ1n) is 23.5. The number of halogens is 6. The average Bonchev–Trinajstić information content (AvgIpc) is 3.65. The molecule has 5 rings (SSSR count). The van der Waals surface area contributed by atoms with Crippen molar-refractivity contribution < 1.29 is 60.6 Å². The zero-order valence-electron chi connectivity index (χ0n) is 40.4. The van der Waals surface area contributed by atoms with Crippen molar-refractivity contribution in [3.05, 3.63) is 33.8 Å². The minimum absolute atomic E-state index is 0.00303. The summed E-state index contributed by atoms with van der Waals surface area (Å²) in [7, 11) is 6.95. The van der Waals surface area contributed by atoms with E-state index in [1.807, 2.05) is 13.8 Å². The van der Waals surface area contributed by atoms with Crippen molar-refractivity contribution in [2.24, 2.45) is 16.7 Å². The van der Waals surface area contributed by atoms with E-state index in [0.717, 1.165) is 16.2 Å². The van der Waals surface area contributed by atoms with Gasteiger partial charge in [-0.05, 0) is 92.9 Å². The number of hydrogen-bond donors (Lipinski definition) is 3. The first-order valence-corrected chi connectivity index (χ1v) is 24.3. The quantitative estimate of drug-likeness (QED) is 0.226. The number of ether oxygens (including phenoxy) is 2. The summed E-state index contributed by atoms with van der Waals surface area (Å²) in [5, 5.41) is 8.70. The third-order valence-electron chi connectivity index (χ3n) is 14.3. The molecule has 2 saturated carbocycles. The van der Waals surface area contributed by atoms with Gasteiger partial charge in [0.25, 0.3) is 0 Å². The van der Waals surface area contributed by atoms with E-state index in [1.54, 1.807) is 18.2 Å². The van der Waals surface area contributed by atoms with Gasteiger partial charge in [0.05, 0.1) is 13.2 Å². The lowest BCUT2D eigenvalue weighted by atomic mass is 9.44. The number of benzene rings is 1. The zero-order valence-corrected chi connectivity index (χ0v) is 41.9. The molecule has 2 saturated heterocycles. The minimum Gasteiger partial charge on any atom is -0.385 e. The molecule has 3 N–H and O–H groups in total. The molecule has 0 unspecified atom stereocenters. The Morgan fingerprint density at radius 1 is 0.957 bits per heavy atom. The highest BCUT2D eigenvalue weighted by Gasteiger charge is 2.73. The molecule has 0 aromatic heterocycles. The van der Waals surface area contributed by atoms with E-state index in [-0.39, 0.29) is 62.8 Å². The lowest BCUT2D eigenvalue weighted by Gasteiger charge is -2.60. The summed E-state index contributed by atoms with van der Waals surface area (Å²) >= 11 is 12.8. The van der Waals surface area contributed by atoms with E-state index in [0.29, 0.717) is 34.7 Å². The maximum Gasteiger partial charge on any atom is 0.403 e. The number of methoxy groups -OCH3 is 2. The lowest BCUT2D eigenvalue weighted by molar-refractivity contribution is -0.285. The molecule has 2 aliphatic heterocycles. The number of amides is 7. The van der Waals surface area contributed by atoms with Crippen LogP contribution in [0.5, 0.6) is 0 Å². The third-order valence-corrected chi connectivity index (χ3v) is 14.9. The smallest absolute Gasteiger partial charge is 0.385 e. The van der Waals surface area contributed by atoms with Crippen LogP contribution in [0.1, 0.15) is 90.0 Å². The van der Waals surface area contributed by atoms with Gasteiger partial charge >= 0.3 is 6.18 Å². The van der Waals surface area contributed by atoms with Crippen molar-refractivity contribution in [3.63, 3.8) is 0 Å². The van der Waals surface area contributed by atoms with Gasteiger partial charge in [-0.25, -0.2) is 4.39 Å². The third kappa shape index (κ3) is 12.8. The number of alkyl halides is 4. The second kappa shape index (κ2) is 23.3. The van der Waals surface area contributed by atoms with Gasteiger partial charge < -0.3 is 45.0 Å². The van der Waals surface area contributed by atoms with Crippen molar-refractivity contribution in [1.29, 1.82) is 0 Å². The molecule has 4 aliphatic rings. The molecule has 1 spiro atoms. The van der Waals surface area contributed by atoms with Gasteiger partial charge in [0, 0.05) is 71.4 Å². The number of likely N-dealkylation sites (tertiary alicyclic amines) is 1. The molecular formula is C47H67Cl2F4N7O9. The van der Waals surface area contributed by atoms with Crippen LogP contribution in [0.15, 0.2) is 18.2 Å². The molecule has 386 valence electrons. The Kier molecular flexibility index (Phi) is 18.8. The summed E-state index contributed by atoms with van der Waals surface area (Å²) in [5.41, 5.74) is -2.92. The largest absolute Gasteiger partial charge is 0.403 e. The summed E-state index contributed by atoms with van der Waals surface area (Å²) in [4.78, 5) is 104. The van der Waals surface area contributed by atoms with E-state index in [2.05, 4.69) is 16.0 Å². The van der Waals surface area contributed by atoms with Crippen molar-refractivity contribution in [1.82, 2.24) is 35.6 Å². The monoisotopic (exact) mass is 1020 g/mol. The minimum atomic E-state index is -4.93. The topological polar surface area (TPSA) is 187 Å². The molecule has 4 fully saturated rings. The first kappa shape index (κ1) is 55.7. The molecule has 16 nitrogen and oxygen atoms in total. The Labute approximate surface area is 411 Å². The van der Waals surface area contributed by atoms with Crippen molar-refractivity contribution in [3.8, 4) is 0 Å². The van der Waals surface area contributed by atoms with Crippen LogP contribution >= 0.6 is 23.2 Å². The van der Waals surface area contributed by atoms with E-state index in [9.17, 15) is 46.7 Å². The van der Waals surface area contributed by atoms with Gasteiger partial charge in [0.1, 0.15) is 47.8 Å². The molecule has 7 amide bonds. The summed E-state index contributed by atoms with van der Waals surface area (Å²) in [6.07, 6.45) is -5.96. The predicted molar refractivity (Wildman–Crippen MR) is 247 cm³/mol. The second-order valence-electron chi connectivity index (χ2n) is 19.8. The van der Waals surface area contributed by atoms with Crippen molar-refractivity contribution in [2.45, 2.75) is 139 Å². The Morgan fingerprint density at radius 3 is 2.22 bits per heavy atom. The fraction of sp³-hybridized carbons (Fsp3) is 0.723. The van der Waals surface area contributed by atoms with Crippen LogP contribution in [-0.2, 0) is 49.5 Å². The van der Waals surface area contributed by atoms with Gasteiger partial charge in [-0.1, -0.05) is 43.5 Å². The lowest BCUT2D eigenvalue weighted by Crippen LogP contribution is -2.66. The van der Waals surface area contributed by atoms with E-state index in [1.165, 1.54) is 40.3 Å². The summed E-state index contributed by atoms with van der Waals surface area (Å²) in [5.74, 6) is -6.01. The molecule has 2 aliphatic carbocycles. The Morgan fingerprint density at radius 2 is 1.62 bits per heavy atom. The van der Waals surface area contributed by atoms with Gasteiger partial charge in [-0.3, -0.25) is 33.6 Å². The predicted octanol–water partition coefficient (Wildman–Crippen LogP) is 4.47. The average molecular weight is 1020 g/mol. The van der Waals surface area contributed by atoms with Crippen LogP contribution in [0.3, 0.4) is 0 Å². The molecule has 0 bridgehead atoms. The molecule has 69 heavy (non-hydrogen) atoms. The summed E-state index contributed by atoms with van der Waals surface area (Å²) in [6, 6.07) is -3.43. The highest BCUT2D eigenvalue weighted by molar-refractivity contribution is 6.33. The molecule has 2 heterocycles. The normalized spacial score (nSPS) is 26.3. The van der Waals surface area contributed by atoms with Crippen molar-refractivity contribution >= 4 is 64.6 Å². The van der Waals surface area contributed by atoms with Gasteiger partial charge in [0.2, 0.25) is 41.4 Å². The highest BCUT2D eigenvalue weighted by atomic mass is 35.5. The number of nitrogens with zero attached hydrogens (tertiary/aromatic N) is 4. The molecular weight excluding hydrogens is 953 g/mol. The van der Waals surface area contributed by atoms with Gasteiger partial charge in [0.15, 0.2) is 0 Å². The van der Waals surface area contributed by atoms with Crippen molar-refractivity contribution in [2.75, 3.05) is 61.7 Å². The maximum absolute atomic E-state index is 15.1. The van der Waals surface area contributed by atoms with E-state index < -0.39 is 127 Å².